The predicted molar refractivity (Wildman–Crippen MR) is 127 cm³/mol. The quantitative estimate of drug-likeness (QED) is 0.492. The molecule has 0 radical (unpaired) electrons. The summed E-state index contributed by atoms with van der Waals surface area (Å²) in [5.41, 5.74) is 4.33. The zero-order valence-electron chi connectivity index (χ0n) is 19.1. The van der Waals surface area contributed by atoms with E-state index in [0.29, 0.717) is 18.2 Å². The van der Waals surface area contributed by atoms with Crippen LogP contribution in [0.5, 0.6) is 5.75 Å². The molecule has 0 fully saturated rings. The summed E-state index contributed by atoms with van der Waals surface area (Å²) >= 11 is 0. The molecule has 2 amide bonds. The van der Waals surface area contributed by atoms with Crippen LogP contribution in [-0.4, -0.2) is 28.6 Å². The number of aromatic nitrogens is 1. The smallest absolute Gasteiger partial charge is 0.322 e. The number of hydrogen-bond acceptors (Lipinski definition) is 2. The molecular weight excluding hydrogens is 386 g/mol. The Labute approximate surface area is 185 Å². The van der Waals surface area contributed by atoms with Gasteiger partial charge in [-0.1, -0.05) is 49.7 Å². The largest absolute Gasteiger partial charge is 0.497 e. The molecule has 0 spiro atoms. The first-order valence-electron chi connectivity index (χ1n) is 10.8. The summed E-state index contributed by atoms with van der Waals surface area (Å²) in [7, 11) is 1.62. The average molecular weight is 420 g/mol. The monoisotopic (exact) mass is 419 g/mol. The molecule has 5 nitrogen and oxygen atoms in total. The lowest BCUT2D eigenvalue weighted by atomic mass is 10.0. The van der Waals surface area contributed by atoms with Gasteiger partial charge in [-0.2, -0.15) is 0 Å². The SMILES string of the molecule is COc1cccc(NC(=O)N(Cc2cccn2Cc2cccc(C)c2)C(C)C(C)C)c1. The molecule has 0 saturated heterocycles. The minimum absolute atomic E-state index is 0.0768. The molecule has 3 aromatic rings. The minimum Gasteiger partial charge on any atom is -0.497 e. The number of aryl methyl sites for hydroxylation is 1. The van der Waals surface area contributed by atoms with E-state index in [2.05, 4.69) is 74.1 Å². The van der Waals surface area contributed by atoms with Crippen LogP contribution in [0.3, 0.4) is 0 Å². The molecule has 1 heterocycles. The molecule has 3 rings (SSSR count). The zero-order valence-corrected chi connectivity index (χ0v) is 19.1. The minimum atomic E-state index is -0.113. The number of amides is 2. The van der Waals surface area contributed by atoms with E-state index in [0.717, 1.165) is 17.9 Å². The van der Waals surface area contributed by atoms with Crippen LogP contribution in [0.25, 0.3) is 0 Å². The number of methoxy groups -OCH3 is 1. The molecule has 0 saturated carbocycles. The predicted octanol–water partition coefficient (Wildman–Crippen LogP) is 5.93. The summed E-state index contributed by atoms with van der Waals surface area (Å²) in [6, 6.07) is 20.1. The third-order valence-corrected chi connectivity index (χ3v) is 5.73. The van der Waals surface area contributed by atoms with Gasteiger partial charge in [-0.25, -0.2) is 4.79 Å². The fourth-order valence-electron chi connectivity index (χ4n) is 3.59. The van der Waals surface area contributed by atoms with E-state index in [-0.39, 0.29) is 12.1 Å². The molecule has 164 valence electrons. The van der Waals surface area contributed by atoms with Gasteiger partial charge in [0.2, 0.25) is 0 Å². The third kappa shape index (κ3) is 5.91. The Hall–Kier alpha value is -3.21. The van der Waals surface area contributed by atoms with Crippen LogP contribution in [0.4, 0.5) is 10.5 Å². The Morgan fingerprint density at radius 1 is 1.06 bits per heavy atom. The molecule has 2 aromatic carbocycles. The molecular formula is C26H33N3O2. The maximum atomic E-state index is 13.3. The number of urea groups is 1. The number of nitrogens with zero attached hydrogens (tertiary/aromatic N) is 2. The van der Waals surface area contributed by atoms with E-state index in [9.17, 15) is 4.79 Å². The molecule has 31 heavy (non-hydrogen) atoms. The molecule has 0 aliphatic rings. The van der Waals surface area contributed by atoms with Gasteiger partial charge in [-0.05, 0) is 49.6 Å². The van der Waals surface area contributed by atoms with E-state index in [1.807, 2.05) is 35.2 Å². The Morgan fingerprint density at radius 2 is 1.84 bits per heavy atom. The number of hydrogen-bond donors (Lipinski definition) is 1. The van der Waals surface area contributed by atoms with Gasteiger partial charge in [0, 0.05) is 36.2 Å². The van der Waals surface area contributed by atoms with Crippen LogP contribution in [0, 0.1) is 12.8 Å². The molecule has 0 aliphatic carbocycles. The topological polar surface area (TPSA) is 46.5 Å². The van der Waals surface area contributed by atoms with Crippen LogP contribution < -0.4 is 10.1 Å². The van der Waals surface area contributed by atoms with Crippen molar-refractivity contribution in [2.45, 2.75) is 46.8 Å². The first-order chi connectivity index (χ1) is 14.9. The summed E-state index contributed by atoms with van der Waals surface area (Å²) in [5, 5.41) is 3.04. The van der Waals surface area contributed by atoms with Crippen LogP contribution >= 0.6 is 0 Å². The van der Waals surface area contributed by atoms with Gasteiger partial charge in [0.15, 0.2) is 0 Å². The van der Waals surface area contributed by atoms with Gasteiger partial charge >= 0.3 is 6.03 Å². The second-order valence-electron chi connectivity index (χ2n) is 8.39. The van der Waals surface area contributed by atoms with Gasteiger partial charge in [0.05, 0.1) is 13.7 Å². The number of ether oxygens (including phenoxy) is 1. The van der Waals surface area contributed by atoms with Crippen molar-refractivity contribution in [3.63, 3.8) is 0 Å². The normalized spacial score (nSPS) is 11.9. The Bertz CT molecular complexity index is 1010. The van der Waals surface area contributed by atoms with Crippen LogP contribution in [0.1, 0.15) is 37.6 Å². The fourth-order valence-corrected chi connectivity index (χ4v) is 3.59. The molecule has 1 aromatic heterocycles. The number of rotatable bonds is 8. The molecule has 1 unspecified atom stereocenters. The standard InChI is InChI=1S/C26H33N3O2/c1-19(2)21(4)29(26(30)27-23-11-7-13-25(16-23)31-5)18-24-12-8-14-28(24)17-22-10-6-9-20(3)15-22/h6-16,19,21H,17-18H2,1-5H3,(H,27,30). The Morgan fingerprint density at radius 3 is 2.55 bits per heavy atom. The molecule has 0 bridgehead atoms. The molecule has 5 heteroatoms. The van der Waals surface area contributed by atoms with Crippen LogP contribution in [0.2, 0.25) is 0 Å². The second-order valence-corrected chi connectivity index (χ2v) is 8.39. The van der Waals surface area contributed by atoms with E-state index in [4.69, 9.17) is 4.74 Å². The van der Waals surface area contributed by atoms with Gasteiger partial charge in [0.1, 0.15) is 5.75 Å². The number of carbonyl (C=O) groups is 1. The van der Waals surface area contributed by atoms with Crippen molar-refractivity contribution in [3.8, 4) is 5.75 Å². The summed E-state index contributed by atoms with van der Waals surface area (Å²) in [6.45, 7) is 9.81. The number of benzene rings is 2. The van der Waals surface area contributed by atoms with E-state index in [1.165, 1.54) is 11.1 Å². The van der Waals surface area contributed by atoms with E-state index >= 15 is 0 Å². The number of carbonyl (C=O) groups excluding carboxylic acids is 1. The van der Waals surface area contributed by atoms with Gasteiger partial charge in [-0.3, -0.25) is 0 Å². The van der Waals surface area contributed by atoms with E-state index in [1.54, 1.807) is 7.11 Å². The molecule has 1 atom stereocenters. The van der Waals surface area contributed by atoms with Gasteiger partial charge in [-0.15, -0.1) is 0 Å². The van der Waals surface area contributed by atoms with Crippen molar-refractivity contribution in [2.75, 3.05) is 12.4 Å². The van der Waals surface area contributed by atoms with Crippen molar-refractivity contribution in [3.05, 3.63) is 83.7 Å². The lowest BCUT2D eigenvalue weighted by Crippen LogP contribution is -2.43. The highest BCUT2D eigenvalue weighted by Crippen LogP contribution is 2.21. The van der Waals surface area contributed by atoms with Gasteiger partial charge in [0.25, 0.3) is 0 Å². The number of nitrogens with one attached hydrogen (secondary N) is 1. The van der Waals surface area contributed by atoms with Crippen molar-refractivity contribution in [1.82, 2.24) is 9.47 Å². The Kier molecular flexibility index (Phi) is 7.40. The van der Waals surface area contributed by atoms with Crippen molar-refractivity contribution in [1.29, 1.82) is 0 Å². The summed E-state index contributed by atoms with van der Waals surface area (Å²) < 4.78 is 7.50. The van der Waals surface area contributed by atoms with E-state index < -0.39 is 0 Å². The summed E-state index contributed by atoms with van der Waals surface area (Å²) in [6.07, 6.45) is 2.08. The van der Waals surface area contributed by atoms with Crippen LogP contribution in [-0.2, 0) is 13.1 Å². The molecule has 1 N–H and O–H groups in total. The highest BCUT2D eigenvalue weighted by atomic mass is 16.5. The van der Waals surface area contributed by atoms with Crippen LogP contribution in [0.15, 0.2) is 66.9 Å². The second kappa shape index (κ2) is 10.2. The van der Waals surface area contributed by atoms with Gasteiger partial charge < -0.3 is 19.5 Å². The summed E-state index contributed by atoms with van der Waals surface area (Å²) in [5.74, 6) is 1.05. The first-order valence-corrected chi connectivity index (χ1v) is 10.8. The zero-order chi connectivity index (χ0) is 22.4. The van der Waals surface area contributed by atoms with Crippen molar-refractivity contribution >= 4 is 11.7 Å². The number of anilines is 1. The average Bonchev–Trinajstić information content (AvgIpc) is 3.18. The first kappa shape index (κ1) is 22.5. The lowest BCUT2D eigenvalue weighted by molar-refractivity contribution is 0.168. The van der Waals surface area contributed by atoms with Crippen molar-refractivity contribution < 1.29 is 9.53 Å². The lowest BCUT2D eigenvalue weighted by Gasteiger charge is -2.32. The summed E-state index contributed by atoms with van der Waals surface area (Å²) in [4.78, 5) is 15.2. The van der Waals surface area contributed by atoms with Crippen molar-refractivity contribution in [2.24, 2.45) is 5.92 Å². The maximum absolute atomic E-state index is 13.3. The maximum Gasteiger partial charge on any atom is 0.322 e. The molecule has 0 aliphatic heterocycles. The fraction of sp³-hybridized carbons (Fsp3) is 0.346. The Balaban J connectivity index is 1.80. The highest BCUT2D eigenvalue weighted by molar-refractivity contribution is 5.89. The third-order valence-electron chi connectivity index (χ3n) is 5.73. The highest BCUT2D eigenvalue weighted by Gasteiger charge is 2.24.